The van der Waals surface area contributed by atoms with E-state index in [1.165, 1.54) is 30.8 Å². The summed E-state index contributed by atoms with van der Waals surface area (Å²) < 4.78 is 0. The molecule has 18 heavy (non-hydrogen) atoms. The first-order chi connectivity index (χ1) is 8.76. The summed E-state index contributed by atoms with van der Waals surface area (Å²) in [6, 6.07) is 0. The van der Waals surface area contributed by atoms with Crippen LogP contribution in [0, 0.1) is 11.8 Å². The molecule has 2 unspecified atom stereocenters. The van der Waals surface area contributed by atoms with E-state index in [2.05, 4.69) is 13.8 Å². The fourth-order valence-corrected chi connectivity index (χ4v) is 6.36. The summed E-state index contributed by atoms with van der Waals surface area (Å²) in [4.78, 5) is 12.7. The molecule has 1 saturated heterocycles. The third kappa shape index (κ3) is 3.47. The lowest BCUT2D eigenvalue weighted by molar-refractivity contribution is -0.123. The molecule has 1 saturated carbocycles. The highest BCUT2D eigenvalue weighted by atomic mass is 32.2. The van der Waals surface area contributed by atoms with Crippen molar-refractivity contribution in [2.45, 2.75) is 62.9 Å². The fraction of sp³-hybridized carbons (Fsp3) is 0.933. The van der Waals surface area contributed by atoms with Crippen LogP contribution in [-0.2, 0) is 4.79 Å². The number of thioether (sulfide) groups is 2. The summed E-state index contributed by atoms with van der Waals surface area (Å²) in [7, 11) is 0. The van der Waals surface area contributed by atoms with Gasteiger partial charge >= 0.3 is 0 Å². The van der Waals surface area contributed by atoms with Gasteiger partial charge in [0.1, 0.15) is 5.78 Å². The first-order valence-corrected chi connectivity index (χ1v) is 9.62. The number of hydrogen-bond donors (Lipinski definition) is 0. The van der Waals surface area contributed by atoms with Gasteiger partial charge in [0, 0.05) is 22.7 Å². The molecule has 2 rings (SSSR count). The molecule has 3 heteroatoms. The summed E-state index contributed by atoms with van der Waals surface area (Å²) in [5.74, 6) is 4.27. The van der Waals surface area contributed by atoms with Crippen molar-refractivity contribution in [3.05, 3.63) is 0 Å². The van der Waals surface area contributed by atoms with Crippen LogP contribution in [0.2, 0.25) is 0 Å². The number of Topliss-reactive ketones (excluding diaryl/α,β-unsaturated/α-hetero) is 1. The molecule has 2 aliphatic rings. The highest BCUT2D eigenvalue weighted by molar-refractivity contribution is 8.07. The third-order valence-corrected chi connectivity index (χ3v) is 7.82. The summed E-state index contributed by atoms with van der Waals surface area (Å²) in [6.45, 7) is 4.52. The van der Waals surface area contributed by atoms with Crippen molar-refractivity contribution in [1.82, 2.24) is 0 Å². The molecule has 1 heterocycles. The Kier molecular flexibility index (Phi) is 5.94. The minimum Gasteiger partial charge on any atom is -0.298 e. The Morgan fingerprint density at radius 1 is 1.00 bits per heavy atom. The van der Waals surface area contributed by atoms with Gasteiger partial charge in [-0.2, -0.15) is 11.8 Å². The molecule has 0 aromatic rings. The van der Waals surface area contributed by atoms with Gasteiger partial charge in [-0.15, -0.1) is 11.8 Å². The fourth-order valence-electron chi connectivity index (χ4n) is 3.25. The number of carbonyl (C=O) groups is 1. The van der Waals surface area contributed by atoms with Gasteiger partial charge in [-0.1, -0.05) is 20.3 Å². The Morgan fingerprint density at radius 2 is 1.67 bits per heavy atom. The molecular formula is C15H26OS2. The van der Waals surface area contributed by atoms with E-state index in [9.17, 15) is 4.79 Å². The van der Waals surface area contributed by atoms with E-state index in [0.717, 1.165) is 25.2 Å². The average molecular weight is 287 g/mol. The Labute approximate surface area is 120 Å². The van der Waals surface area contributed by atoms with Crippen LogP contribution in [0.1, 0.15) is 52.4 Å². The van der Waals surface area contributed by atoms with E-state index in [-0.39, 0.29) is 0 Å². The van der Waals surface area contributed by atoms with E-state index >= 15 is 0 Å². The first kappa shape index (κ1) is 14.8. The lowest BCUT2D eigenvalue weighted by Crippen LogP contribution is -2.38. The van der Waals surface area contributed by atoms with Crippen molar-refractivity contribution in [2.75, 3.05) is 11.5 Å². The highest BCUT2D eigenvalue weighted by Gasteiger charge is 2.36. The quantitative estimate of drug-likeness (QED) is 0.762. The second-order valence-corrected chi connectivity index (χ2v) is 8.23. The Hall–Kier alpha value is 0.370. The molecule has 0 N–H and O–H groups in total. The van der Waals surface area contributed by atoms with Gasteiger partial charge < -0.3 is 0 Å². The van der Waals surface area contributed by atoms with Crippen LogP contribution in [-0.4, -0.2) is 27.8 Å². The van der Waals surface area contributed by atoms with Crippen molar-refractivity contribution < 1.29 is 4.79 Å². The second-order valence-electron chi connectivity index (χ2n) is 5.64. The van der Waals surface area contributed by atoms with E-state index in [4.69, 9.17) is 0 Å². The van der Waals surface area contributed by atoms with Crippen LogP contribution in [0.15, 0.2) is 0 Å². The minimum absolute atomic E-state index is 0.303. The van der Waals surface area contributed by atoms with E-state index in [1.807, 2.05) is 23.5 Å². The topological polar surface area (TPSA) is 17.1 Å². The number of hydrogen-bond acceptors (Lipinski definition) is 3. The maximum atomic E-state index is 12.7. The molecule has 2 fully saturated rings. The molecule has 0 spiro atoms. The normalized spacial score (nSPS) is 37.4. The van der Waals surface area contributed by atoms with E-state index < -0.39 is 0 Å². The average Bonchev–Trinajstić information content (AvgIpc) is 2.46. The summed E-state index contributed by atoms with van der Waals surface area (Å²) in [5.41, 5.74) is 0. The van der Waals surface area contributed by atoms with Gasteiger partial charge in [0.05, 0.1) is 5.25 Å². The molecule has 1 nitrogen and oxygen atoms in total. The zero-order valence-corrected chi connectivity index (χ0v) is 13.3. The first-order valence-electron chi connectivity index (χ1n) is 7.53. The van der Waals surface area contributed by atoms with Crippen molar-refractivity contribution in [1.29, 1.82) is 0 Å². The molecule has 0 bridgehead atoms. The van der Waals surface area contributed by atoms with Crippen LogP contribution in [0.25, 0.3) is 0 Å². The standard InChI is InChI=1S/C15H26OS2/c1-3-11-5-7-12(8-6-11)14(16)15-13(4-2)17-9-10-18-15/h11-13,15H,3-10H2,1-2H3. The highest BCUT2D eigenvalue weighted by Crippen LogP contribution is 2.39. The zero-order chi connectivity index (χ0) is 13.0. The number of rotatable bonds is 4. The number of ketones is 1. The molecule has 0 aromatic heterocycles. The third-order valence-electron chi connectivity index (χ3n) is 4.56. The van der Waals surface area contributed by atoms with Gasteiger partial charge in [-0.25, -0.2) is 0 Å². The Morgan fingerprint density at radius 3 is 2.28 bits per heavy atom. The molecule has 1 aliphatic carbocycles. The summed E-state index contributed by atoms with van der Waals surface area (Å²) in [6.07, 6.45) is 7.35. The lowest BCUT2D eigenvalue weighted by atomic mass is 9.78. The van der Waals surface area contributed by atoms with E-state index in [0.29, 0.717) is 22.2 Å². The van der Waals surface area contributed by atoms with Crippen molar-refractivity contribution in [2.24, 2.45) is 11.8 Å². The maximum absolute atomic E-state index is 12.7. The molecule has 0 radical (unpaired) electrons. The lowest BCUT2D eigenvalue weighted by Gasteiger charge is -2.34. The SMILES string of the molecule is CCC1CCC(C(=O)C2SCCSC2CC)CC1. The van der Waals surface area contributed by atoms with Crippen LogP contribution >= 0.6 is 23.5 Å². The van der Waals surface area contributed by atoms with Crippen molar-refractivity contribution in [3.63, 3.8) is 0 Å². The van der Waals surface area contributed by atoms with Crippen LogP contribution in [0.4, 0.5) is 0 Å². The largest absolute Gasteiger partial charge is 0.298 e. The predicted octanol–water partition coefficient (Wildman–Crippen LogP) is 4.40. The monoisotopic (exact) mass is 286 g/mol. The number of carbonyl (C=O) groups excluding carboxylic acids is 1. The van der Waals surface area contributed by atoms with Gasteiger partial charge in [0.2, 0.25) is 0 Å². The molecule has 0 aromatic carbocycles. The molecule has 0 amide bonds. The van der Waals surface area contributed by atoms with Gasteiger partial charge in [-0.3, -0.25) is 4.79 Å². The molecular weight excluding hydrogens is 260 g/mol. The minimum atomic E-state index is 0.303. The molecule has 1 aliphatic heterocycles. The van der Waals surface area contributed by atoms with E-state index in [1.54, 1.807) is 0 Å². The zero-order valence-electron chi connectivity index (χ0n) is 11.7. The smallest absolute Gasteiger partial charge is 0.150 e. The Balaban J connectivity index is 1.90. The Bertz CT molecular complexity index is 272. The summed E-state index contributed by atoms with van der Waals surface area (Å²) >= 11 is 3.96. The van der Waals surface area contributed by atoms with Crippen molar-refractivity contribution in [3.8, 4) is 0 Å². The second kappa shape index (κ2) is 7.23. The maximum Gasteiger partial charge on any atom is 0.150 e. The van der Waals surface area contributed by atoms with Gasteiger partial charge in [0.25, 0.3) is 0 Å². The van der Waals surface area contributed by atoms with Crippen LogP contribution in [0.3, 0.4) is 0 Å². The summed E-state index contributed by atoms with van der Waals surface area (Å²) in [5, 5.41) is 0.886. The van der Waals surface area contributed by atoms with Gasteiger partial charge in [-0.05, 0) is 38.0 Å². The molecule has 104 valence electrons. The molecule has 2 atom stereocenters. The van der Waals surface area contributed by atoms with Crippen molar-refractivity contribution >= 4 is 29.3 Å². The predicted molar refractivity (Wildman–Crippen MR) is 83.5 cm³/mol. The van der Waals surface area contributed by atoms with Gasteiger partial charge in [0.15, 0.2) is 0 Å². The van der Waals surface area contributed by atoms with Crippen LogP contribution in [0.5, 0.6) is 0 Å². The van der Waals surface area contributed by atoms with Crippen LogP contribution < -0.4 is 0 Å².